The molecule has 0 saturated carbocycles. The lowest BCUT2D eigenvalue weighted by molar-refractivity contribution is 0.0587. The van der Waals surface area contributed by atoms with Crippen LogP contribution < -0.4 is 0 Å². The van der Waals surface area contributed by atoms with Crippen LogP contribution in [0.1, 0.15) is 34.8 Å². The van der Waals surface area contributed by atoms with Crippen LogP contribution in [0.15, 0.2) is 18.5 Å². The van der Waals surface area contributed by atoms with Crippen LogP contribution in [0.5, 0.6) is 0 Å². The Morgan fingerprint density at radius 3 is 2.80 bits per heavy atom. The van der Waals surface area contributed by atoms with Crippen molar-refractivity contribution in [1.29, 1.82) is 0 Å². The number of carbonyl (C=O) groups is 1. The summed E-state index contributed by atoms with van der Waals surface area (Å²) in [5.74, 6) is -1.19. The molecule has 0 spiro atoms. The van der Waals surface area contributed by atoms with E-state index in [1.807, 2.05) is 0 Å². The van der Waals surface area contributed by atoms with Gasteiger partial charge in [0.15, 0.2) is 0 Å². The quantitative estimate of drug-likeness (QED) is 0.863. The molecule has 0 aliphatic rings. The van der Waals surface area contributed by atoms with E-state index in [-0.39, 0.29) is 5.82 Å². The van der Waals surface area contributed by atoms with Crippen molar-refractivity contribution in [3.63, 3.8) is 0 Å². The summed E-state index contributed by atoms with van der Waals surface area (Å²) in [4.78, 5) is 15.1. The summed E-state index contributed by atoms with van der Waals surface area (Å²) < 4.78 is 19.4. The number of aliphatic hydroxyl groups excluding tert-OH is 1. The van der Waals surface area contributed by atoms with Crippen LogP contribution in [0.3, 0.4) is 0 Å². The molecule has 106 valence electrons. The minimum atomic E-state index is -0.883. The Bertz CT molecular complexity index is 652. The van der Waals surface area contributed by atoms with E-state index in [0.29, 0.717) is 16.8 Å². The van der Waals surface area contributed by atoms with Gasteiger partial charge in [-0.3, -0.25) is 0 Å². The molecule has 2 rings (SSSR count). The molecule has 0 amide bonds. The zero-order chi connectivity index (χ0) is 14.9. The van der Waals surface area contributed by atoms with E-state index in [0.717, 1.165) is 0 Å². The summed E-state index contributed by atoms with van der Waals surface area (Å²) in [6.45, 7) is 3.12. The zero-order valence-electron chi connectivity index (χ0n) is 11.3. The summed E-state index contributed by atoms with van der Waals surface area (Å²) >= 11 is 0. The second kappa shape index (κ2) is 5.38. The number of hydrogen-bond acceptors (Lipinski definition) is 5. The van der Waals surface area contributed by atoms with Crippen LogP contribution in [0.25, 0.3) is 5.69 Å². The molecular weight excluding hydrogens is 265 g/mol. The molecule has 0 fully saturated rings. The van der Waals surface area contributed by atoms with Crippen LogP contribution >= 0.6 is 0 Å². The number of aromatic nitrogens is 3. The number of methoxy groups -OCH3 is 1. The molecule has 7 heteroatoms. The van der Waals surface area contributed by atoms with Crippen molar-refractivity contribution < 1.29 is 19.0 Å². The molecule has 1 heterocycles. The normalized spacial score (nSPS) is 12.2. The summed E-state index contributed by atoms with van der Waals surface area (Å²) in [6, 6.07) is 2.78. The SMILES string of the molecule is COC(=O)c1ncn(-c2cc(C)c(F)cc2[C@@H](C)O)n1. The maximum Gasteiger partial charge on any atom is 0.377 e. The van der Waals surface area contributed by atoms with Crippen molar-refractivity contribution in [1.82, 2.24) is 14.8 Å². The number of rotatable bonds is 3. The van der Waals surface area contributed by atoms with Gasteiger partial charge in [-0.1, -0.05) is 0 Å². The predicted molar refractivity (Wildman–Crippen MR) is 68.0 cm³/mol. The van der Waals surface area contributed by atoms with Crippen molar-refractivity contribution in [2.24, 2.45) is 0 Å². The van der Waals surface area contributed by atoms with Crippen LogP contribution in [0, 0.1) is 12.7 Å². The fourth-order valence-electron chi connectivity index (χ4n) is 1.78. The summed E-state index contributed by atoms with van der Waals surface area (Å²) in [5, 5.41) is 13.7. The number of nitrogens with zero attached hydrogens (tertiary/aromatic N) is 3. The highest BCUT2D eigenvalue weighted by Gasteiger charge is 2.17. The molecule has 6 nitrogen and oxygen atoms in total. The third-order valence-corrected chi connectivity index (χ3v) is 2.86. The highest BCUT2D eigenvalue weighted by molar-refractivity contribution is 5.84. The third kappa shape index (κ3) is 2.53. The second-order valence-corrected chi connectivity index (χ2v) is 4.34. The van der Waals surface area contributed by atoms with Gasteiger partial charge >= 0.3 is 5.97 Å². The number of hydrogen-bond donors (Lipinski definition) is 1. The Balaban J connectivity index is 2.54. The van der Waals surface area contributed by atoms with Crippen LogP contribution in [-0.2, 0) is 4.74 Å². The average molecular weight is 279 g/mol. The maximum absolute atomic E-state index is 13.6. The highest BCUT2D eigenvalue weighted by Crippen LogP contribution is 2.24. The van der Waals surface area contributed by atoms with Gasteiger partial charge in [-0.2, -0.15) is 0 Å². The first-order valence-electron chi connectivity index (χ1n) is 5.92. The molecule has 20 heavy (non-hydrogen) atoms. The number of carbonyl (C=O) groups excluding carboxylic acids is 1. The van der Waals surface area contributed by atoms with Crippen LogP contribution in [-0.4, -0.2) is 33.0 Å². The Kier molecular flexibility index (Phi) is 3.80. The second-order valence-electron chi connectivity index (χ2n) is 4.34. The Hall–Kier alpha value is -2.28. The largest absolute Gasteiger partial charge is 0.463 e. The summed E-state index contributed by atoms with van der Waals surface area (Å²) in [5.41, 5.74) is 1.22. The molecule has 0 aliphatic carbocycles. The van der Waals surface area contributed by atoms with Crippen molar-refractivity contribution in [3.8, 4) is 5.69 Å². The molecular formula is C13H14FN3O3. The number of esters is 1. The van der Waals surface area contributed by atoms with Gasteiger partial charge in [0.1, 0.15) is 12.1 Å². The molecule has 1 atom stereocenters. The van der Waals surface area contributed by atoms with Gasteiger partial charge in [-0.15, -0.1) is 5.10 Å². The van der Waals surface area contributed by atoms with Crippen molar-refractivity contribution in [2.75, 3.05) is 7.11 Å². The lowest BCUT2D eigenvalue weighted by Gasteiger charge is -2.13. The number of benzene rings is 1. The number of halogens is 1. The topological polar surface area (TPSA) is 77.2 Å². The van der Waals surface area contributed by atoms with E-state index < -0.39 is 17.9 Å². The van der Waals surface area contributed by atoms with Gasteiger partial charge < -0.3 is 9.84 Å². The average Bonchev–Trinajstić information content (AvgIpc) is 2.89. The number of ether oxygens (including phenoxy) is 1. The minimum absolute atomic E-state index is 0.106. The van der Waals surface area contributed by atoms with Gasteiger partial charge in [0.25, 0.3) is 5.82 Å². The Labute approximate surface area is 114 Å². The van der Waals surface area contributed by atoms with E-state index in [1.165, 1.54) is 37.2 Å². The summed E-state index contributed by atoms with van der Waals surface area (Å²) in [6.07, 6.45) is 0.427. The van der Waals surface area contributed by atoms with Gasteiger partial charge in [0.2, 0.25) is 0 Å². The third-order valence-electron chi connectivity index (χ3n) is 2.86. The molecule has 1 aromatic carbocycles. The first-order chi connectivity index (χ1) is 9.43. The van der Waals surface area contributed by atoms with E-state index >= 15 is 0 Å². The highest BCUT2D eigenvalue weighted by atomic mass is 19.1. The van der Waals surface area contributed by atoms with Crippen molar-refractivity contribution in [3.05, 3.63) is 41.2 Å². The summed E-state index contributed by atoms with van der Waals surface area (Å²) in [7, 11) is 1.23. The first-order valence-corrected chi connectivity index (χ1v) is 5.92. The molecule has 0 aliphatic heterocycles. The molecule has 1 N–H and O–H groups in total. The minimum Gasteiger partial charge on any atom is -0.463 e. The molecule has 0 radical (unpaired) electrons. The Morgan fingerprint density at radius 2 is 2.20 bits per heavy atom. The van der Waals surface area contributed by atoms with E-state index in [1.54, 1.807) is 6.92 Å². The van der Waals surface area contributed by atoms with Crippen molar-refractivity contribution >= 4 is 5.97 Å². The monoisotopic (exact) mass is 279 g/mol. The standard InChI is InChI=1S/C13H14FN3O3/c1-7-4-11(9(8(2)18)5-10(7)14)17-6-15-12(16-17)13(19)20-3/h4-6,8,18H,1-3H3/t8-/m1/s1. The van der Waals surface area contributed by atoms with Gasteiger partial charge in [-0.25, -0.2) is 18.9 Å². The maximum atomic E-state index is 13.6. The van der Waals surface area contributed by atoms with E-state index in [2.05, 4.69) is 14.8 Å². The molecule has 0 saturated heterocycles. The Morgan fingerprint density at radius 1 is 1.50 bits per heavy atom. The first kappa shape index (κ1) is 14.1. The fourth-order valence-corrected chi connectivity index (χ4v) is 1.78. The zero-order valence-corrected chi connectivity index (χ0v) is 11.3. The van der Waals surface area contributed by atoms with E-state index in [9.17, 15) is 14.3 Å². The van der Waals surface area contributed by atoms with Gasteiger partial charge in [-0.05, 0) is 31.5 Å². The molecule has 1 aromatic heterocycles. The molecule has 0 bridgehead atoms. The lowest BCUT2D eigenvalue weighted by atomic mass is 10.1. The number of aliphatic hydroxyl groups is 1. The van der Waals surface area contributed by atoms with Crippen LogP contribution in [0.4, 0.5) is 4.39 Å². The van der Waals surface area contributed by atoms with Crippen molar-refractivity contribution in [2.45, 2.75) is 20.0 Å². The molecule has 0 unspecified atom stereocenters. The van der Waals surface area contributed by atoms with Gasteiger partial charge in [0, 0.05) is 5.56 Å². The smallest absolute Gasteiger partial charge is 0.377 e. The van der Waals surface area contributed by atoms with E-state index in [4.69, 9.17) is 0 Å². The lowest BCUT2D eigenvalue weighted by Crippen LogP contribution is -2.08. The van der Waals surface area contributed by atoms with Gasteiger partial charge in [0.05, 0.1) is 18.9 Å². The number of aryl methyl sites for hydroxylation is 1. The predicted octanol–water partition coefficient (Wildman–Crippen LogP) is 1.55. The fraction of sp³-hybridized carbons (Fsp3) is 0.308. The molecule has 2 aromatic rings. The van der Waals surface area contributed by atoms with Crippen LogP contribution in [0.2, 0.25) is 0 Å².